The van der Waals surface area contributed by atoms with Gasteiger partial charge in [-0.2, -0.15) is 0 Å². The van der Waals surface area contributed by atoms with Crippen LogP contribution in [0.15, 0.2) is 18.2 Å². The summed E-state index contributed by atoms with van der Waals surface area (Å²) in [5.41, 5.74) is -0.0289. The van der Waals surface area contributed by atoms with E-state index in [1.54, 1.807) is 0 Å². The molecule has 0 aliphatic rings. The van der Waals surface area contributed by atoms with Crippen LogP contribution in [-0.2, 0) is 0 Å². The van der Waals surface area contributed by atoms with Crippen molar-refractivity contribution in [2.45, 2.75) is 6.42 Å². The molecular weight excluding hydrogens is 213 g/mol. The molecule has 0 saturated carbocycles. The summed E-state index contributed by atoms with van der Waals surface area (Å²) in [5, 5.41) is 11.0. The predicted octanol–water partition coefficient (Wildman–Crippen LogP) is 0.946. The van der Waals surface area contributed by atoms with E-state index in [9.17, 15) is 9.18 Å². The molecule has 0 atom stereocenters. The molecule has 0 aromatic heterocycles. The van der Waals surface area contributed by atoms with Gasteiger partial charge in [-0.3, -0.25) is 4.79 Å². The maximum absolute atomic E-state index is 13.4. The van der Waals surface area contributed by atoms with E-state index in [-0.39, 0.29) is 12.2 Å². The standard InChI is InChI=1S/C11H14FNO3/c1-16-8-3-4-9(10(12)7-8)11(15)13-5-2-6-14/h3-4,7,14H,2,5-6H2,1H3,(H,13,15). The number of halogens is 1. The Balaban J connectivity index is 2.68. The fourth-order valence-corrected chi connectivity index (χ4v) is 1.18. The van der Waals surface area contributed by atoms with Crippen LogP contribution >= 0.6 is 0 Å². The largest absolute Gasteiger partial charge is 0.497 e. The van der Waals surface area contributed by atoms with Gasteiger partial charge >= 0.3 is 0 Å². The Kier molecular flexibility index (Phi) is 4.72. The Morgan fingerprint density at radius 2 is 2.31 bits per heavy atom. The minimum atomic E-state index is -0.624. The molecule has 0 fully saturated rings. The molecule has 1 aromatic rings. The van der Waals surface area contributed by atoms with Crippen molar-refractivity contribution < 1.29 is 19.0 Å². The van der Waals surface area contributed by atoms with E-state index in [1.807, 2.05) is 0 Å². The van der Waals surface area contributed by atoms with Crippen molar-refractivity contribution in [2.75, 3.05) is 20.3 Å². The average Bonchev–Trinajstić information content (AvgIpc) is 2.29. The number of carbonyl (C=O) groups is 1. The molecule has 0 aliphatic heterocycles. The first-order valence-electron chi connectivity index (χ1n) is 4.91. The first-order valence-corrected chi connectivity index (χ1v) is 4.91. The van der Waals surface area contributed by atoms with E-state index in [0.29, 0.717) is 18.7 Å². The van der Waals surface area contributed by atoms with Crippen LogP contribution < -0.4 is 10.1 Å². The summed E-state index contributed by atoms with van der Waals surface area (Å²) in [7, 11) is 1.43. The fraction of sp³-hybridized carbons (Fsp3) is 0.364. The number of aliphatic hydroxyl groups excluding tert-OH is 1. The highest BCUT2D eigenvalue weighted by Gasteiger charge is 2.11. The van der Waals surface area contributed by atoms with Gasteiger partial charge in [0.05, 0.1) is 12.7 Å². The number of benzene rings is 1. The van der Waals surface area contributed by atoms with Crippen LogP contribution in [-0.4, -0.2) is 31.3 Å². The van der Waals surface area contributed by atoms with Crippen molar-refractivity contribution in [2.24, 2.45) is 0 Å². The summed E-state index contributed by atoms with van der Waals surface area (Å²) in [5.74, 6) is -0.751. The SMILES string of the molecule is COc1ccc(C(=O)NCCCO)c(F)c1. The molecule has 4 nitrogen and oxygen atoms in total. The molecule has 0 heterocycles. The third-order valence-electron chi connectivity index (χ3n) is 2.04. The predicted molar refractivity (Wildman–Crippen MR) is 57.0 cm³/mol. The van der Waals surface area contributed by atoms with E-state index in [0.717, 1.165) is 6.07 Å². The molecule has 88 valence electrons. The van der Waals surface area contributed by atoms with Crippen molar-refractivity contribution in [1.82, 2.24) is 5.32 Å². The lowest BCUT2D eigenvalue weighted by Gasteiger charge is -2.06. The lowest BCUT2D eigenvalue weighted by molar-refractivity contribution is 0.0947. The number of hydrogen-bond donors (Lipinski definition) is 2. The number of methoxy groups -OCH3 is 1. The molecule has 0 spiro atoms. The summed E-state index contributed by atoms with van der Waals surface area (Å²) in [6, 6.07) is 4.04. The second-order valence-corrected chi connectivity index (χ2v) is 3.18. The zero-order chi connectivity index (χ0) is 12.0. The number of hydrogen-bond acceptors (Lipinski definition) is 3. The van der Waals surface area contributed by atoms with Crippen LogP contribution in [0.1, 0.15) is 16.8 Å². The number of aliphatic hydroxyl groups is 1. The monoisotopic (exact) mass is 227 g/mol. The number of ether oxygens (including phenoxy) is 1. The van der Waals surface area contributed by atoms with Crippen LogP contribution in [0.5, 0.6) is 5.75 Å². The van der Waals surface area contributed by atoms with Gasteiger partial charge in [-0.05, 0) is 18.6 Å². The van der Waals surface area contributed by atoms with Crippen molar-refractivity contribution in [3.05, 3.63) is 29.6 Å². The fourth-order valence-electron chi connectivity index (χ4n) is 1.18. The third-order valence-corrected chi connectivity index (χ3v) is 2.04. The van der Waals surface area contributed by atoms with Gasteiger partial charge in [0.25, 0.3) is 5.91 Å². The van der Waals surface area contributed by atoms with Gasteiger partial charge in [0, 0.05) is 19.2 Å². The van der Waals surface area contributed by atoms with Crippen LogP contribution in [0.2, 0.25) is 0 Å². The van der Waals surface area contributed by atoms with Gasteiger partial charge < -0.3 is 15.2 Å². The van der Waals surface area contributed by atoms with Gasteiger partial charge in [-0.25, -0.2) is 4.39 Å². The van der Waals surface area contributed by atoms with E-state index >= 15 is 0 Å². The van der Waals surface area contributed by atoms with Gasteiger partial charge in [0.2, 0.25) is 0 Å². The lowest BCUT2D eigenvalue weighted by atomic mass is 10.2. The van der Waals surface area contributed by atoms with Crippen molar-refractivity contribution in [1.29, 1.82) is 0 Å². The Bertz CT molecular complexity index is 368. The Morgan fingerprint density at radius 1 is 1.56 bits per heavy atom. The van der Waals surface area contributed by atoms with Crippen LogP contribution in [0.25, 0.3) is 0 Å². The molecule has 16 heavy (non-hydrogen) atoms. The van der Waals surface area contributed by atoms with Gasteiger partial charge in [-0.15, -0.1) is 0 Å². The Morgan fingerprint density at radius 3 is 2.88 bits per heavy atom. The second-order valence-electron chi connectivity index (χ2n) is 3.18. The summed E-state index contributed by atoms with van der Waals surface area (Å²) < 4.78 is 18.2. The van der Waals surface area contributed by atoms with Crippen LogP contribution in [0.4, 0.5) is 4.39 Å². The molecular formula is C11H14FNO3. The van der Waals surface area contributed by atoms with Crippen LogP contribution in [0.3, 0.4) is 0 Å². The van der Waals surface area contributed by atoms with Gasteiger partial charge in [-0.1, -0.05) is 0 Å². The number of rotatable bonds is 5. The normalized spacial score (nSPS) is 9.94. The van der Waals surface area contributed by atoms with Crippen molar-refractivity contribution in [3.8, 4) is 5.75 Å². The highest BCUT2D eigenvalue weighted by molar-refractivity contribution is 5.94. The smallest absolute Gasteiger partial charge is 0.254 e. The zero-order valence-electron chi connectivity index (χ0n) is 9.00. The summed E-state index contributed by atoms with van der Waals surface area (Å²) >= 11 is 0. The summed E-state index contributed by atoms with van der Waals surface area (Å²) in [6.45, 7) is 0.312. The Hall–Kier alpha value is -1.62. The highest BCUT2D eigenvalue weighted by atomic mass is 19.1. The number of carbonyl (C=O) groups excluding carboxylic acids is 1. The molecule has 0 bridgehead atoms. The maximum Gasteiger partial charge on any atom is 0.254 e. The minimum absolute atomic E-state index is 0.00856. The van der Waals surface area contributed by atoms with Crippen molar-refractivity contribution >= 4 is 5.91 Å². The van der Waals surface area contributed by atoms with Gasteiger partial charge in [0.15, 0.2) is 0 Å². The van der Waals surface area contributed by atoms with E-state index in [1.165, 1.54) is 19.2 Å². The third kappa shape index (κ3) is 3.20. The quantitative estimate of drug-likeness (QED) is 0.736. The maximum atomic E-state index is 13.4. The summed E-state index contributed by atoms with van der Waals surface area (Å²) in [4.78, 5) is 11.5. The molecule has 1 aromatic carbocycles. The first kappa shape index (κ1) is 12.4. The number of nitrogens with one attached hydrogen (secondary N) is 1. The topological polar surface area (TPSA) is 58.6 Å². The van der Waals surface area contributed by atoms with Crippen LogP contribution in [0, 0.1) is 5.82 Å². The molecule has 0 aliphatic carbocycles. The van der Waals surface area contributed by atoms with Crippen molar-refractivity contribution in [3.63, 3.8) is 0 Å². The first-order chi connectivity index (χ1) is 7.69. The van der Waals surface area contributed by atoms with E-state index in [2.05, 4.69) is 5.32 Å². The highest BCUT2D eigenvalue weighted by Crippen LogP contribution is 2.15. The van der Waals surface area contributed by atoms with E-state index < -0.39 is 11.7 Å². The molecule has 0 saturated heterocycles. The molecule has 1 amide bonds. The molecule has 5 heteroatoms. The number of amides is 1. The van der Waals surface area contributed by atoms with Gasteiger partial charge in [0.1, 0.15) is 11.6 Å². The zero-order valence-corrected chi connectivity index (χ0v) is 9.00. The lowest BCUT2D eigenvalue weighted by Crippen LogP contribution is -2.25. The molecule has 2 N–H and O–H groups in total. The summed E-state index contributed by atoms with van der Waals surface area (Å²) in [6.07, 6.45) is 0.448. The van der Waals surface area contributed by atoms with E-state index in [4.69, 9.17) is 9.84 Å². The minimum Gasteiger partial charge on any atom is -0.497 e. The average molecular weight is 227 g/mol. The molecule has 0 unspecified atom stereocenters. The second kappa shape index (κ2) is 6.07. The Labute approximate surface area is 93.0 Å². The molecule has 1 rings (SSSR count). The molecule has 0 radical (unpaired) electrons.